The fourth-order valence-corrected chi connectivity index (χ4v) is 3.30. The predicted molar refractivity (Wildman–Crippen MR) is 114 cm³/mol. The third-order valence-electron chi connectivity index (χ3n) is 4.48. The van der Waals surface area contributed by atoms with E-state index in [1.165, 1.54) is 30.3 Å². The standard InChI is InChI=1S/C20H12ClN5O5/c21-12-3-1-4-13(10-12)22-20(27)11-7-8-14-15(9-11)24-19(23-14)18-16(25(28)29)5-2-6-17(18)26(30)31/h1-10H,(H,22,27)(H,23,24). The van der Waals surface area contributed by atoms with Gasteiger partial charge < -0.3 is 10.3 Å². The highest BCUT2D eigenvalue weighted by molar-refractivity contribution is 6.31. The van der Waals surface area contributed by atoms with Gasteiger partial charge in [-0.25, -0.2) is 4.98 Å². The second-order valence-corrected chi connectivity index (χ2v) is 6.90. The van der Waals surface area contributed by atoms with Gasteiger partial charge in [0, 0.05) is 28.4 Å². The molecule has 0 atom stereocenters. The summed E-state index contributed by atoms with van der Waals surface area (Å²) in [5, 5.41) is 26.0. The van der Waals surface area contributed by atoms with Crippen LogP contribution in [0.3, 0.4) is 0 Å². The van der Waals surface area contributed by atoms with Crippen molar-refractivity contribution in [2.75, 3.05) is 5.32 Å². The van der Waals surface area contributed by atoms with E-state index >= 15 is 0 Å². The van der Waals surface area contributed by atoms with E-state index in [1.54, 1.807) is 30.3 Å². The number of aromatic nitrogens is 2. The lowest BCUT2D eigenvalue weighted by atomic mass is 10.1. The molecule has 0 saturated heterocycles. The monoisotopic (exact) mass is 437 g/mol. The summed E-state index contributed by atoms with van der Waals surface area (Å²) in [6.07, 6.45) is 0. The Morgan fingerprint density at radius 2 is 1.65 bits per heavy atom. The molecular weight excluding hydrogens is 426 g/mol. The Bertz CT molecular complexity index is 1340. The van der Waals surface area contributed by atoms with Crippen LogP contribution < -0.4 is 5.32 Å². The molecule has 0 unspecified atom stereocenters. The zero-order valence-electron chi connectivity index (χ0n) is 15.5. The molecule has 0 spiro atoms. The van der Waals surface area contributed by atoms with Crippen LogP contribution in [-0.4, -0.2) is 25.7 Å². The minimum atomic E-state index is -0.709. The lowest BCUT2D eigenvalue weighted by Crippen LogP contribution is -2.11. The average Bonchev–Trinajstić information content (AvgIpc) is 3.16. The number of carbonyl (C=O) groups is 1. The third-order valence-corrected chi connectivity index (χ3v) is 4.71. The first-order chi connectivity index (χ1) is 14.8. The molecule has 11 heteroatoms. The number of nitrogens with zero attached hydrogens (tertiary/aromatic N) is 3. The summed E-state index contributed by atoms with van der Waals surface area (Å²) < 4.78 is 0. The Labute approximate surface area is 178 Å². The Morgan fingerprint density at radius 3 is 2.29 bits per heavy atom. The normalized spacial score (nSPS) is 10.7. The van der Waals surface area contributed by atoms with Gasteiger partial charge in [0.05, 0.1) is 20.9 Å². The third kappa shape index (κ3) is 3.91. The zero-order valence-corrected chi connectivity index (χ0v) is 16.3. The van der Waals surface area contributed by atoms with Crippen molar-refractivity contribution in [3.05, 3.63) is 91.5 Å². The molecule has 0 bridgehead atoms. The predicted octanol–water partition coefficient (Wildman–Crippen LogP) is 4.95. The van der Waals surface area contributed by atoms with Crippen molar-refractivity contribution in [2.24, 2.45) is 0 Å². The molecule has 0 radical (unpaired) electrons. The van der Waals surface area contributed by atoms with E-state index in [0.29, 0.717) is 27.3 Å². The maximum Gasteiger partial charge on any atom is 0.287 e. The number of benzene rings is 3. The minimum Gasteiger partial charge on any atom is -0.337 e. The molecule has 0 fully saturated rings. The van der Waals surface area contributed by atoms with Crippen LogP contribution in [0.2, 0.25) is 5.02 Å². The lowest BCUT2D eigenvalue weighted by Gasteiger charge is -2.05. The van der Waals surface area contributed by atoms with Crippen LogP contribution >= 0.6 is 11.6 Å². The number of aromatic amines is 1. The number of amides is 1. The molecule has 1 aromatic heterocycles. The highest BCUT2D eigenvalue weighted by Crippen LogP contribution is 2.37. The Kier molecular flexibility index (Phi) is 5.05. The molecule has 3 aromatic carbocycles. The largest absolute Gasteiger partial charge is 0.337 e. The number of nitro benzene ring substituents is 2. The van der Waals surface area contributed by atoms with Crippen molar-refractivity contribution < 1.29 is 14.6 Å². The van der Waals surface area contributed by atoms with Gasteiger partial charge in [-0.2, -0.15) is 0 Å². The van der Waals surface area contributed by atoms with Crippen LogP contribution in [-0.2, 0) is 0 Å². The second kappa shape index (κ2) is 7.84. The molecule has 0 saturated carbocycles. The molecule has 1 heterocycles. The summed E-state index contributed by atoms with van der Waals surface area (Å²) in [7, 11) is 0. The second-order valence-electron chi connectivity index (χ2n) is 6.47. The maximum absolute atomic E-state index is 12.6. The number of nitro groups is 2. The minimum absolute atomic E-state index is 0.0404. The number of hydrogen-bond donors (Lipinski definition) is 2. The first kappa shape index (κ1) is 20.0. The van der Waals surface area contributed by atoms with Gasteiger partial charge in [0.15, 0.2) is 11.4 Å². The van der Waals surface area contributed by atoms with Gasteiger partial charge in [-0.05, 0) is 42.5 Å². The summed E-state index contributed by atoms with van der Waals surface area (Å²) in [5.41, 5.74) is 0.444. The molecule has 31 heavy (non-hydrogen) atoms. The van der Waals surface area contributed by atoms with Crippen molar-refractivity contribution in [1.29, 1.82) is 0 Å². The van der Waals surface area contributed by atoms with E-state index in [0.717, 1.165) is 0 Å². The number of anilines is 1. The van der Waals surface area contributed by atoms with E-state index in [1.807, 2.05) is 0 Å². The summed E-state index contributed by atoms with van der Waals surface area (Å²) in [6.45, 7) is 0. The smallest absolute Gasteiger partial charge is 0.287 e. The highest BCUT2D eigenvalue weighted by atomic mass is 35.5. The summed E-state index contributed by atoms with van der Waals surface area (Å²) in [4.78, 5) is 41.1. The molecule has 1 amide bonds. The molecular formula is C20H12ClN5O5. The number of nitrogens with one attached hydrogen (secondary N) is 2. The number of halogens is 1. The van der Waals surface area contributed by atoms with Crippen LogP contribution in [0.15, 0.2) is 60.7 Å². The number of H-pyrrole nitrogens is 1. The van der Waals surface area contributed by atoms with Crippen LogP contribution in [0.1, 0.15) is 10.4 Å². The van der Waals surface area contributed by atoms with Gasteiger partial charge in [-0.1, -0.05) is 17.7 Å². The first-order valence-electron chi connectivity index (χ1n) is 8.82. The average molecular weight is 438 g/mol. The topological polar surface area (TPSA) is 144 Å². The fourth-order valence-electron chi connectivity index (χ4n) is 3.11. The summed E-state index contributed by atoms with van der Waals surface area (Å²) in [5.74, 6) is -0.446. The van der Waals surface area contributed by atoms with E-state index in [9.17, 15) is 25.0 Å². The van der Waals surface area contributed by atoms with E-state index in [-0.39, 0.29) is 11.4 Å². The molecule has 4 rings (SSSR count). The Balaban J connectivity index is 1.75. The van der Waals surface area contributed by atoms with Crippen LogP contribution in [0, 0.1) is 20.2 Å². The van der Waals surface area contributed by atoms with E-state index < -0.39 is 27.1 Å². The van der Waals surface area contributed by atoms with Gasteiger partial charge >= 0.3 is 0 Å². The van der Waals surface area contributed by atoms with Crippen molar-refractivity contribution in [3.8, 4) is 11.4 Å². The van der Waals surface area contributed by atoms with Crippen LogP contribution in [0.5, 0.6) is 0 Å². The number of imidazole rings is 1. The molecule has 4 aromatic rings. The van der Waals surface area contributed by atoms with Gasteiger partial charge in [0.2, 0.25) is 0 Å². The van der Waals surface area contributed by atoms with Crippen LogP contribution in [0.4, 0.5) is 17.1 Å². The fraction of sp³-hybridized carbons (Fsp3) is 0. The molecule has 0 aliphatic heterocycles. The lowest BCUT2D eigenvalue weighted by molar-refractivity contribution is -0.392. The number of hydrogen-bond acceptors (Lipinski definition) is 6. The SMILES string of the molecule is O=C(Nc1cccc(Cl)c1)c1ccc2nc(-c3c([N+](=O)[O-])cccc3[N+](=O)[O-])[nH]c2c1. The van der Waals surface area contributed by atoms with Crippen molar-refractivity contribution in [2.45, 2.75) is 0 Å². The van der Waals surface area contributed by atoms with Gasteiger partial charge in [0.25, 0.3) is 17.3 Å². The van der Waals surface area contributed by atoms with Gasteiger partial charge in [-0.3, -0.25) is 25.0 Å². The van der Waals surface area contributed by atoms with Crippen molar-refractivity contribution in [1.82, 2.24) is 9.97 Å². The van der Waals surface area contributed by atoms with Gasteiger partial charge in [-0.15, -0.1) is 0 Å². The van der Waals surface area contributed by atoms with Crippen molar-refractivity contribution in [3.63, 3.8) is 0 Å². The van der Waals surface area contributed by atoms with E-state index in [2.05, 4.69) is 15.3 Å². The number of carbonyl (C=O) groups excluding carboxylic acids is 1. The van der Waals surface area contributed by atoms with Crippen LogP contribution in [0.25, 0.3) is 22.4 Å². The Hall–Kier alpha value is -4.31. The van der Waals surface area contributed by atoms with Gasteiger partial charge in [0.1, 0.15) is 0 Å². The first-order valence-corrected chi connectivity index (χ1v) is 9.20. The molecule has 0 aliphatic rings. The Morgan fingerprint density at radius 1 is 0.968 bits per heavy atom. The van der Waals surface area contributed by atoms with Crippen molar-refractivity contribution >= 4 is 45.6 Å². The highest BCUT2D eigenvalue weighted by Gasteiger charge is 2.28. The number of fused-ring (bicyclic) bond motifs is 1. The number of rotatable bonds is 5. The molecule has 0 aliphatic carbocycles. The summed E-state index contributed by atoms with van der Waals surface area (Å²) >= 11 is 5.92. The molecule has 154 valence electrons. The quantitative estimate of drug-likeness (QED) is 0.333. The molecule has 2 N–H and O–H groups in total. The summed E-state index contributed by atoms with van der Waals surface area (Å²) in [6, 6.07) is 14.8. The maximum atomic E-state index is 12.6. The zero-order chi connectivity index (χ0) is 22.1. The van der Waals surface area contributed by atoms with E-state index in [4.69, 9.17) is 11.6 Å². The molecule has 10 nitrogen and oxygen atoms in total.